The summed E-state index contributed by atoms with van der Waals surface area (Å²) in [7, 11) is -3.29. The molecule has 0 radical (unpaired) electrons. The lowest BCUT2D eigenvalue weighted by Gasteiger charge is -2.15. The summed E-state index contributed by atoms with van der Waals surface area (Å²) >= 11 is 5.87. The molecule has 3 nitrogen and oxygen atoms in total. The second-order valence-electron chi connectivity index (χ2n) is 5.15. The zero-order valence-electron chi connectivity index (χ0n) is 12.2. The van der Waals surface area contributed by atoms with Crippen LogP contribution >= 0.6 is 11.6 Å². The molecule has 1 rings (SSSR count). The van der Waals surface area contributed by atoms with Gasteiger partial charge in [-0.15, -0.1) is 0 Å². The average Bonchev–Trinajstić information content (AvgIpc) is 2.38. The number of halogens is 1. The van der Waals surface area contributed by atoms with Crippen LogP contribution < -0.4 is 4.72 Å². The van der Waals surface area contributed by atoms with Crippen molar-refractivity contribution < 1.29 is 8.42 Å². The molecule has 20 heavy (non-hydrogen) atoms. The van der Waals surface area contributed by atoms with E-state index in [1.54, 1.807) is 24.3 Å². The van der Waals surface area contributed by atoms with E-state index in [-0.39, 0.29) is 5.75 Å². The van der Waals surface area contributed by atoms with Crippen LogP contribution in [-0.2, 0) is 15.8 Å². The lowest BCUT2D eigenvalue weighted by Crippen LogP contribution is -2.30. The smallest absolute Gasteiger partial charge is 0.215 e. The quantitative estimate of drug-likeness (QED) is 0.749. The van der Waals surface area contributed by atoms with Crippen LogP contribution in [0.15, 0.2) is 24.3 Å². The number of hydrogen-bond acceptors (Lipinski definition) is 2. The standard InChI is InChI=1S/C15H24ClNO2S/c1-3-5-7-13(4-2)11-17-20(18,19)12-14-8-6-9-15(16)10-14/h6,8-10,13,17H,3-5,7,11-12H2,1-2H3. The third-order valence-corrected chi connectivity index (χ3v) is 4.94. The molecular formula is C15H24ClNO2S. The van der Waals surface area contributed by atoms with Crippen LogP contribution in [0.2, 0.25) is 5.02 Å². The van der Waals surface area contributed by atoms with E-state index >= 15 is 0 Å². The highest BCUT2D eigenvalue weighted by Gasteiger charge is 2.14. The number of hydrogen-bond donors (Lipinski definition) is 1. The number of rotatable bonds is 9. The first-order valence-electron chi connectivity index (χ1n) is 7.18. The molecule has 5 heteroatoms. The minimum absolute atomic E-state index is 0.0161. The SMILES string of the molecule is CCCCC(CC)CNS(=O)(=O)Cc1cccc(Cl)c1. The zero-order valence-corrected chi connectivity index (χ0v) is 13.8. The summed E-state index contributed by atoms with van der Waals surface area (Å²) in [5.74, 6) is 0.404. The molecule has 0 saturated heterocycles. The van der Waals surface area contributed by atoms with Crippen molar-refractivity contribution >= 4 is 21.6 Å². The zero-order chi connectivity index (χ0) is 15.0. The van der Waals surface area contributed by atoms with Crippen molar-refractivity contribution in [1.29, 1.82) is 0 Å². The van der Waals surface area contributed by atoms with Crippen molar-refractivity contribution in [1.82, 2.24) is 4.72 Å². The lowest BCUT2D eigenvalue weighted by atomic mass is 10.00. The van der Waals surface area contributed by atoms with E-state index in [2.05, 4.69) is 18.6 Å². The summed E-state index contributed by atoms with van der Waals surface area (Å²) < 4.78 is 26.8. The van der Waals surface area contributed by atoms with E-state index in [1.807, 2.05) is 0 Å². The van der Waals surface area contributed by atoms with Gasteiger partial charge in [-0.05, 0) is 30.0 Å². The van der Waals surface area contributed by atoms with E-state index in [0.29, 0.717) is 23.0 Å². The van der Waals surface area contributed by atoms with E-state index < -0.39 is 10.0 Å². The minimum Gasteiger partial charge on any atom is -0.215 e. The Labute approximate surface area is 127 Å². The fraction of sp³-hybridized carbons (Fsp3) is 0.600. The lowest BCUT2D eigenvalue weighted by molar-refractivity contribution is 0.443. The summed E-state index contributed by atoms with van der Waals surface area (Å²) in [5, 5.41) is 0.562. The summed E-state index contributed by atoms with van der Waals surface area (Å²) in [6, 6.07) is 6.97. The summed E-state index contributed by atoms with van der Waals surface area (Å²) in [4.78, 5) is 0. The van der Waals surface area contributed by atoms with Crippen molar-refractivity contribution in [2.24, 2.45) is 5.92 Å². The Morgan fingerprint density at radius 1 is 1.30 bits per heavy atom. The molecule has 0 amide bonds. The third-order valence-electron chi connectivity index (χ3n) is 3.38. The number of benzene rings is 1. The maximum absolute atomic E-state index is 12.1. The van der Waals surface area contributed by atoms with Gasteiger partial charge in [0.2, 0.25) is 10.0 Å². The molecule has 1 aromatic rings. The van der Waals surface area contributed by atoms with Gasteiger partial charge in [0.1, 0.15) is 0 Å². The van der Waals surface area contributed by atoms with Crippen molar-refractivity contribution in [3.05, 3.63) is 34.9 Å². The number of unbranched alkanes of at least 4 members (excludes halogenated alkanes) is 1. The van der Waals surface area contributed by atoms with Gasteiger partial charge >= 0.3 is 0 Å². The summed E-state index contributed by atoms with van der Waals surface area (Å²) in [6.45, 7) is 4.78. The molecule has 0 saturated carbocycles. The fourth-order valence-corrected chi connectivity index (χ4v) is 3.51. The molecule has 0 aliphatic rings. The summed E-state index contributed by atoms with van der Waals surface area (Å²) in [5.41, 5.74) is 0.714. The van der Waals surface area contributed by atoms with Gasteiger partial charge in [-0.25, -0.2) is 13.1 Å². The normalized spacial score (nSPS) is 13.3. The minimum atomic E-state index is -3.29. The Balaban J connectivity index is 2.52. The molecule has 0 spiro atoms. The average molecular weight is 318 g/mol. The van der Waals surface area contributed by atoms with Gasteiger partial charge in [-0.3, -0.25) is 0 Å². The Morgan fingerprint density at radius 2 is 2.05 bits per heavy atom. The first-order chi connectivity index (χ1) is 9.46. The first-order valence-corrected chi connectivity index (χ1v) is 9.21. The van der Waals surface area contributed by atoms with Gasteiger partial charge in [0, 0.05) is 11.6 Å². The van der Waals surface area contributed by atoms with Gasteiger partial charge in [0.05, 0.1) is 5.75 Å². The van der Waals surface area contributed by atoms with E-state index in [1.165, 1.54) is 0 Å². The highest BCUT2D eigenvalue weighted by Crippen LogP contribution is 2.14. The van der Waals surface area contributed by atoms with E-state index in [4.69, 9.17) is 11.6 Å². The largest absolute Gasteiger partial charge is 0.215 e. The fourth-order valence-electron chi connectivity index (χ4n) is 2.09. The van der Waals surface area contributed by atoms with Crippen molar-refractivity contribution in [3.63, 3.8) is 0 Å². The van der Waals surface area contributed by atoms with Crippen LogP contribution in [0, 0.1) is 5.92 Å². The van der Waals surface area contributed by atoms with Crippen molar-refractivity contribution in [2.45, 2.75) is 45.3 Å². The maximum Gasteiger partial charge on any atom is 0.215 e. The molecule has 0 aliphatic carbocycles. The summed E-state index contributed by atoms with van der Waals surface area (Å²) in [6.07, 6.45) is 4.37. The molecule has 0 heterocycles. The van der Waals surface area contributed by atoms with Crippen LogP contribution in [0.25, 0.3) is 0 Å². The Hall–Kier alpha value is -0.580. The molecule has 1 N–H and O–H groups in total. The molecular weight excluding hydrogens is 294 g/mol. The monoisotopic (exact) mass is 317 g/mol. The predicted octanol–water partition coefficient (Wildman–Crippen LogP) is 3.98. The highest BCUT2D eigenvalue weighted by molar-refractivity contribution is 7.88. The Kier molecular flexibility index (Phi) is 7.56. The molecule has 1 aromatic carbocycles. The van der Waals surface area contributed by atoms with Gasteiger partial charge in [-0.2, -0.15) is 0 Å². The van der Waals surface area contributed by atoms with Crippen molar-refractivity contribution in [3.8, 4) is 0 Å². The first kappa shape index (κ1) is 17.5. The van der Waals surface area contributed by atoms with Crippen LogP contribution in [-0.4, -0.2) is 15.0 Å². The number of nitrogens with one attached hydrogen (secondary N) is 1. The maximum atomic E-state index is 12.1. The second-order valence-corrected chi connectivity index (χ2v) is 7.40. The van der Waals surface area contributed by atoms with Crippen LogP contribution in [0.1, 0.15) is 45.1 Å². The molecule has 1 atom stereocenters. The van der Waals surface area contributed by atoms with Gasteiger partial charge in [0.25, 0.3) is 0 Å². The molecule has 0 bridgehead atoms. The van der Waals surface area contributed by atoms with Gasteiger partial charge < -0.3 is 0 Å². The topological polar surface area (TPSA) is 46.2 Å². The molecule has 0 aromatic heterocycles. The molecule has 0 aliphatic heterocycles. The Bertz CT molecular complexity index is 502. The van der Waals surface area contributed by atoms with Crippen LogP contribution in [0.4, 0.5) is 0 Å². The van der Waals surface area contributed by atoms with Crippen molar-refractivity contribution in [2.75, 3.05) is 6.54 Å². The molecule has 114 valence electrons. The third kappa shape index (κ3) is 6.73. The molecule has 1 unspecified atom stereocenters. The van der Waals surface area contributed by atoms with Gasteiger partial charge in [-0.1, -0.05) is 56.8 Å². The predicted molar refractivity (Wildman–Crippen MR) is 85.4 cm³/mol. The highest BCUT2D eigenvalue weighted by atomic mass is 35.5. The van der Waals surface area contributed by atoms with Crippen LogP contribution in [0.3, 0.4) is 0 Å². The van der Waals surface area contributed by atoms with E-state index in [0.717, 1.165) is 25.7 Å². The Morgan fingerprint density at radius 3 is 2.65 bits per heavy atom. The van der Waals surface area contributed by atoms with Gasteiger partial charge in [0.15, 0.2) is 0 Å². The molecule has 0 fully saturated rings. The van der Waals surface area contributed by atoms with E-state index in [9.17, 15) is 8.42 Å². The second kappa shape index (κ2) is 8.65. The van der Waals surface area contributed by atoms with Crippen LogP contribution in [0.5, 0.6) is 0 Å². The number of sulfonamides is 1.